The van der Waals surface area contributed by atoms with Gasteiger partial charge in [0.2, 0.25) is 0 Å². The van der Waals surface area contributed by atoms with E-state index in [0.29, 0.717) is 11.6 Å². The fourth-order valence-electron chi connectivity index (χ4n) is 1.72. The summed E-state index contributed by atoms with van der Waals surface area (Å²) in [6.45, 7) is 0. The van der Waals surface area contributed by atoms with Crippen molar-refractivity contribution in [1.29, 1.82) is 5.26 Å². The van der Waals surface area contributed by atoms with Crippen LogP contribution in [0.15, 0.2) is 42.0 Å². The Balaban J connectivity index is 2.30. The van der Waals surface area contributed by atoms with Crippen molar-refractivity contribution in [3.8, 4) is 6.07 Å². The highest BCUT2D eigenvalue weighted by molar-refractivity contribution is 6.43. The molecule has 0 bridgehead atoms. The highest BCUT2D eigenvalue weighted by Gasteiger charge is 2.13. The molecule has 2 aromatic rings. The summed E-state index contributed by atoms with van der Waals surface area (Å²) < 4.78 is 26.4. The Labute approximate surface area is 140 Å². The number of nitriles is 1. The van der Waals surface area contributed by atoms with Crippen LogP contribution in [0.3, 0.4) is 0 Å². The molecular weight excluding hydrogens is 345 g/mol. The second-order valence-electron chi connectivity index (χ2n) is 4.39. The van der Waals surface area contributed by atoms with Gasteiger partial charge in [0.05, 0.1) is 15.7 Å². The van der Waals surface area contributed by atoms with Crippen molar-refractivity contribution in [3.63, 3.8) is 0 Å². The maximum absolute atomic E-state index is 13.5. The summed E-state index contributed by atoms with van der Waals surface area (Å²) >= 11 is 11.8. The van der Waals surface area contributed by atoms with E-state index >= 15 is 0 Å². The topological polar surface area (TPSA) is 52.9 Å². The fourth-order valence-corrected chi connectivity index (χ4v) is 2.08. The summed E-state index contributed by atoms with van der Waals surface area (Å²) in [7, 11) is 0. The van der Waals surface area contributed by atoms with Crippen molar-refractivity contribution in [2.75, 3.05) is 5.32 Å². The van der Waals surface area contributed by atoms with E-state index in [0.717, 1.165) is 12.1 Å². The number of nitrogens with zero attached hydrogens (tertiary/aromatic N) is 1. The second-order valence-corrected chi connectivity index (χ2v) is 5.18. The molecule has 1 amide bonds. The average molecular weight is 353 g/mol. The first-order chi connectivity index (χ1) is 10.9. The van der Waals surface area contributed by atoms with E-state index in [4.69, 9.17) is 28.5 Å². The number of amides is 1. The molecule has 2 rings (SSSR count). The van der Waals surface area contributed by atoms with E-state index in [-0.39, 0.29) is 21.3 Å². The second kappa shape index (κ2) is 7.23. The van der Waals surface area contributed by atoms with Gasteiger partial charge in [-0.05, 0) is 29.8 Å². The van der Waals surface area contributed by atoms with Crippen molar-refractivity contribution >= 4 is 40.9 Å². The molecule has 0 fully saturated rings. The van der Waals surface area contributed by atoms with Crippen LogP contribution in [0.25, 0.3) is 6.08 Å². The molecule has 3 nitrogen and oxygen atoms in total. The smallest absolute Gasteiger partial charge is 0.266 e. The van der Waals surface area contributed by atoms with E-state index in [1.54, 1.807) is 24.3 Å². The molecular formula is C16H8Cl2F2N2O. The summed E-state index contributed by atoms with van der Waals surface area (Å²) in [4.78, 5) is 12.0. The van der Waals surface area contributed by atoms with E-state index in [1.807, 2.05) is 0 Å². The zero-order valence-electron chi connectivity index (χ0n) is 11.4. The Bertz CT molecular complexity index is 844. The van der Waals surface area contributed by atoms with Crippen molar-refractivity contribution in [3.05, 3.63) is 69.2 Å². The first-order valence-electron chi connectivity index (χ1n) is 6.24. The molecule has 0 saturated carbocycles. The van der Waals surface area contributed by atoms with Crippen molar-refractivity contribution < 1.29 is 13.6 Å². The highest BCUT2D eigenvalue weighted by Crippen LogP contribution is 2.27. The van der Waals surface area contributed by atoms with Gasteiger partial charge >= 0.3 is 0 Å². The third kappa shape index (κ3) is 4.07. The van der Waals surface area contributed by atoms with Crippen molar-refractivity contribution in [1.82, 2.24) is 0 Å². The third-order valence-electron chi connectivity index (χ3n) is 2.83. The standard InChI is InChI=1S/C16H8Cl2F2N2O/c17-12-3-1-2-9(15(12)18)6-10(8-21)16(23)22-14-5-4-11(19)7-13(14)20/h1-7H,(H,22,23)/b10-6+. The molecule has 7 heteroatoms. The summed E-state index contributed by atoms with van der Waals surface area (Å²) in [6, 6.07) is 9.10. The SMILES string of the molecule is N#C/C(=C\c1cccc(Cl)c1Cl)C(=O)Nc1ccc(F)cc1F. The van der Waals surface area contributed by atoms with Gasteiger partial charge in [0.1, 0.15) is 23.3 Å². The Morgan fingerprint density at radius 3 is 2.61 bits per heavy atom. The number of hydrogen-bond acceptors (Lipinski definition) is 2. The van der Waals surface area contributed by atoms with Crippen LogP contribution in [0.4, 0.5) is 14.5 Å². The van der Waals surface area contributed by atoms with Gasteiger partial charge in [0.15, 0.2) is 0 Å². The zero-order chi connectivity index (χ0) is 17.0. The molecule has 0 saturated heterocycles. The molecule has 23 heavy (non-hydrogen) atoms. The highest BCUT2D eigenvalue weighted by atomic mass is 35.5. The van der Waals surface area contributed by atoms with E-state index in [2.05, 4.69) is 5.32 Å². The lowest BCUT2D eigenvalue weighted by Gasteiger charge is -2.06. The summed E-state index contributed by atoms with van der Waals surface area (Å²) in [5, 5.41) is 11.7. The Kier molecular flexibility index (Phi) is 5.32. The van der Waals surface area contributed by atoms with Gasteiger partial charge in [0.25, 0.3) is 5.91 Å². The maximum Gasteiger partial charge on any atom is 0.266 e. The van der Waals surface area contributed by atoms with Crippen molar-refractivity contribution in [2.24, 2.45) is 0 Å². The molecule has 0 heterocycles. The van der Waals surface area contributed by atoms with Crippen LogP contribution in [-0.4, -0.2) is 5.91 Å². The maximum atomic E-state index is 13.5. The van der Waals surface area contributed by atoms with Crippen LogP contribution in [0.2, 0.25) is 10.0 Å². The van der Waals surface area contributed by atoms with Crippen LogP contribution in [0.5, 0.6) is 0 Å². The minimum absolute atomic E-state index is 0.183. The molecule has 0 atom stereocenters. The first kappa shape index (κ1) is 16.9. The number of rotatable bonds is 3. The number of halogens is 4. The van der Waals surface area contributed by atoms with Crippen LogP contribution in [0.1, 0.15) is 5.56 Å². The average Bonchev–Trinajstić information content (AvgIpc) is 2.51. The lowest BCUT2D eigenvalue weighted by molar-refractivity contribution is -0.112. The lowest BCUT2D eigenvalue weighted by Crippen LogP contribution is -2.14. The molecule has 0 spiro atoms. The van der Waals surface area contributed by atoms with E-state index < -0.39 is 17.5 Å². The molecule has 0 aliphatic carbocycles. The molecule has 0 radical (unpaired) electrons. The lowest BCUT2D eigenvalue weighted by atomic mass is 10.1. The Hall–Kier alpha value is -2.42. The number of benzene rings is 2. The summed E-state index contributed by atoms with van der Waals surface area (Å²) in [5.41, 5.74) is -0.182. The van der Waals surface area contributed by atoms with Gasteiger partial charge < -0.3 is 5.32 Å². The van der Waals surface area contributed by atoms with Crippen LogP contribution < -0.4 is 5.32 Å². The summed E-state index contributed by atoms with van der Waals surface area (Å²) in [5.74, 6) is -2.58. The molecule has 0 unspecified atom stereocenters. The Morgan fingerprint density at radius 2 is 1.96 bits per heavy atom. The molecule has 1 N–H and O–H groups in total. The number of hydrogen-bond donors (Lipinski definition) is 1. The van der Waals surface area contributed by atoms with Gasteiger partial charge in [0, 0.05) is 6.07 Å². The number of carbonyl (C=O) groups excluding carboxylic acids is 1. The predicted octanol–water partition coefficient (Wildman–Crippen LogP) is 4.82. The summed E-state index contributed by atoms with van der Waals surface area (Å²) in [6.07, 6.45) is 1.23. The monoisotopic (exact) mass is 352 g/mol. The van der Waals surface area contributed by atoms with Gasteiger partial charge in [-0.15, -0.1) is 0 Å². The third-order valence-corrected chi connectivity index (χ3v) is 3.66. The van der Waals surface area contributed by atoms with Crippen molar-refractivity contribution in [2.45, 2.75) is 0 Å². The minimum atomic E-state index is -0.948. The van der Waals surface area contributed by atoms with Crippen LogP contribution in [0, 0.1) is 23.0 Å². The Morgan fingerprint density at radius 1 is 1.22 bits per heavy atom. The molecule has 116 valence electrons. The number of anilines is 1. The van der Waals surface area contributed by atoms with Gasteiger partial charge in [-0.1, -0.05) is 35.3 Å². The normalized spacial score (nSPS) is 11.0. The van der Waals surface area contributed by atoms with Crippen LogP contribution >= 0.6 is 23.2 Å². The van der Waals surface area contributed by atoms with Gasteiger partial charge in [-0.2, -0.15) is 5.26 Å². The zero-order valence-corrected chi connectivity index (χ0v) is 12.9. The fraction of sp³-hybridized carbons (Fsp3) is 0. The molecule has 0 aromatic heterocycles. The largest absolute Gasteiger partial charge is 0.319 e. The van der Waals surface area contributed by atoms with Gasteiger partial charge in [-0.25, -0.2) is 8.78 Å². The molecule has 2 aromatic carbocycles. The van der Waals surface area contributed by atoms with Gasteiger partial charge in [-0.3, -0.25) is 4.79 Å². The van der Waals surface area contributed by atoms with E-state index in [9.17, 15) is 13.6 Å². The minimum Gasteiger partial charge on any atom is -0.319 e. The first-order valence-corrected chi connectivity index (χ1v) is 7.00. The molecule has 0 aliphatic rings. The predicted molar refractivity (Wildman–Crippen MR) is 85.0 cm³/mol. The van der Waals surface area contributed by atoms with Crippen LogP contribution in [-0.2, 0) is 4.79 Å². The molecule has 0 aliphatic heterocycles. The van der Waals surface area contributed by atoms with E-state index in [1.165, 1.54) is 6.08 Å². The quantitative estimate of drug-likeness (QED) is 0.636. The number of nitrogens with one attached hydrogen (secondary N) is 1. The number of carbonyl (C=O) groups is 1.